The fourth-order valence-corrected chi connectivity index (χ4v) is 3.48. The summed E-state index contributed by atoms with van der Waals surface area (Å²) in [5.41, 5.74) is 8.10. The maximum Gasteiger partial charge on any atom is 0.270 e. The smallest absolute Gasteiger partial charge is 0.270 e. The summed E-state index contributed by atoms with van der Waals surface area (Å²) < 4.78 is 0.757. The Bertz CT molecular complexity index is 662. The predicted octanol–water partition coefficient (Wildman–Crippen LogP) is 4.67. The molecule has 1 atom stereocenters. The van der Waals surface area contributed by atoms with Gasteiger partial charge in [-0.2, -0.15) is 0 Å². The number of halogens is 1. The minimum Gasteiger partial charge on any atom is -0.324 e. The van der Waals surface area contributed by atoms with Gasteiger partial charge in [-0.05, 0) is 30.2 Å². The number of nitro groups is 1. The van der Waals surface area contributed by atoms with Gasteiger partial charge >= 0.3 is 0 Å². The number of benzene rings is 2. The minimum atomic E-state index is -0.395. The first kappa shape index (κ1) is 16.0. The second kappa shape index (κ2) is 7.06. The highest BCUT2D eigenvalue weighted by molar-refractivity contribution is 9.10. The van der Waals surface area contributed by atoms with E-state index in [2.05, 4.69) is 22.0 Å². The van der Waals surface area contributed by atoms with E-state index in [0.29, 0.717) is 0 Å². The normalized spacial score (nSPS) is 12.1. The predicted molar refractivity (Wildman–Crippen MR) is 89.4 cm³/mol. The molecule has 6 heteroatoms. The van der Waals surface area contributed by atoms with Gasteiger partial charge in [-0.25, -0.2) is 0 Å². The summed E-state index contributed by atoms with van der Waals surface area (Å²) in [5, 5.41) is 10.7. The Morgan fingerprint density at radius 3 is 2.71 bits per heavy atom. The number of hydrogen-bond donors (Lipinski definition) is 1. The molecule has 0 saturated heterocycles. The number of rotatable bonds is 5. The number of non-ortho nitro benzene ring substituents is 1. The molecule has 0 aliphatic carbocycles. The summed E-state index contributed by atoms with van der Waals surface area (Å²) in [7, 11) is 0. The van der Waals surface area contributed by atoms with Gasteiger partial charge in [0.15, 0.2) is 0 Å². The van der Waals surface area contributed by atoms with Crippen molar-refractivity contribution in [2.75, 3.05) is 0 Å². The van der Waals surface area contributed by atoms with Gasteiger partial charge in [0.2, 0.25) is 0 Å². The van der Waals surface area contributed by atoms with Gasteiger partial charge in [0.05, 0.1) is 4.92 Å². The molecular weight excluding hydrogens is 352 g/mol. The van der Waals surface area contributed by atoms with Crippen molar-refractivity contribution in [1.82, 2.24) is 0 Å². The van der Waals surface area contributed by atoms with Crippen LogP contribution in [0, 0.1) is 10.1 Å². The highest BCUT2D eigenvalue weighted by Gasteiger charge is 2.09. The molecule has 0 amide bonds. The van der Waals surface area contributed by atoms with E-state index < -0.39 is 4.92 Å². The Balaban J connectivity index is 2.09. The van der Waals surface area contributed by atoms with Crippen molar-refractivity contribution in [2.45, 2.75) is 23.6 Å². The van der Waals surface area contributed by atoms with Crippen LogP contribution in [0.2, 0.25) is 0 Å². The molecule has 0 spiro atoms. The summed E-state index contributed by atoms with van der Waals surface area (Å²) in [6.45, 7) is 1.96. The summed E-state index contributed by atoms with van der Waals surface area (Å²) in [5.74, 6) is 0.737. The van der Waals surface area contributed by atoms with E-state index in [1.54, 1.807) is 17.8 Å². The summed E-state index contributed by atoms with van der Waals surface area (Å²) in [6, 6.07) is 13.0. The van der Waals surface area contributed by atoms with Gasteiger partial charge in [-0.1, -0.05) is 34.1 Å². The SMILES string of the molecule is CC(N)c1cccc(SCc2ccc([N+](=O)[O-])cc2Br)c1. The average molecular weight is 367 g/mol. The third-order valence-corrected chi connectivity index (χ3v) is 4.81. The van der Waals surface area contributed by atoms with Crippen LogP contribution in [0.4, 0.5) is 5.69 Å². The quantitative estimate of drug-likeness (QED) is 0.474. The molecule has 0 aliphatic rings. The van der Waals surface area contributed by atoms with Crippen molar-refractivity contribution in [3.8, 4) is 0 Å². The molecule has 0 heterocycles. The van der Waals surface area contributed by atoms with Crippen LogP contribution in [0.15, 0.2) is 51.8 Å². The van der Waals surface area contributed by atoms with Crippen molar-refractivity contribution >= 4 is 33.4 Å². The molecular formula is C15H15BrN2O2S. The van der Waals surface area contributed by atoms with Crippen LogP contribution >= 0.6 is 27.7 Å². The van der Waals surface area contributed by atoms with Crippen LogP contribution < -0.4 is 5.73 Å². The number of hydrogen-bond acceptors (Lipinski definition) is 4. The Kier molecular flexibility index (Phi) is 5.39. The van der Waals surface area contributed by atoms with Crippen molar-refractivity contribution in [1.29, 1.82) is 0 Å². The molecule has 110 valence electrons. The lowest BCUT2D eigenvalue weighted by Gasteiger charge is -2.09. The van der Waals surface area contributed by atoms with Crippen LogP contribution in [0.25, 0.3) is 0 Å². The maximum atomic E-state index is 10.7. The first-order valence-electron chi connectivity index (χ1n) is 6.38. The van der Waals surface area contributed by atoms with Gasteiger partial charge in [-0.3, -0.25) is 10.1 Å². The zero-order chi connectivity index (χ0) is 15.4. The van der Waals surface area contributed by atoms with Crippen molar-refractivity contribution in [3.63, 3.8) is 0 Å². The van der Waals surface area contributed by atoms with Gasteiger partial charge < -0.3 is 5.73 Å². The molecule has 2 rings (SSSR count). The largest absolute Gasteiger partial charge is 0.324 e. The van der Waals surface area contributed by atoms with E-state index in [4.69, 9.17) is 5.73 Å². The molecule has 2 N–H and O–H groups in total. The van der Waals surface area contributed by atoms with Crippen LogP contribution in [-0.2, 0) is 5.75 Å². The molecule has 0 saturated carbocycles. The molecule has 2 aromatic rings. The van der Waals surface area contributed by atoms with Gasteiger partial charge in [0.1, 0.15) is 0 Å². The molecule has 0 radical (unpaired) electrons. The zero-order valence-electron chi connectivity index (χ0n) is 11.5. The Morgan fingerprint density at radius 1 is 1.33 bits per heavy atom. The number of nitro benzene ring substituents is 1. The molecule has 0 bridgehead atoms. The molecule has 2 aromatic carbocycles. The number of nitrogens with zero attached hydrogens (tertiary/aromatic N) is 1. The van der Waals surface area contributed by atoms with Crippen molar-refractivity contribution < 1.29 is 4.92 Å². The lowest BCUT2D eigenvalue weighted by Crippen LogP contribution is -2.04. The van der Waals surface area contributed by atoms with Crippen LogP contribution in [0.1, 0.15) is 24.1 Å². The third-order valence-electron chi connectivity index (χ3n) is 3.03. The van der Waals surface area contributed by atoms with Crippen LogP contribution in [0.3, 0.4) is 0 Å². The topological polar surface area (TPSA) is 69.2 Å². The van der Waals surface area contributed by atoms with Gasteiger partial charge in [-0.15, -0.1) is 11.8 Å². The summed E-state index contributed by atoms with van der Waals surface area (Å²) in [6.07, 6.45) is 0. The number of nitrogens with two attached hydrogens (primary N) is 1. The van der Waals surface area contributed by atoms with Crippen LogP contribution in [0.5, 0.6) is 0 Å². The Morgan fingerprint density at radius 2 is 2.10 bits per heavy atom. The molecule has 0 fully saturated rings. The van der Waals surface area contributed by atoms with E-state index in [0.717, 1.165) is 26.2 Å². The Labute approximate surface area is 136 Å². The third kappa shape index (κ3) is 4.30. The second-order valence-corrected chi connectivity index (χ2v) is 6.59. The van der Waals surface area contributed by atoms with Crippen LogP contribution in [-0.4, -0.2) is 4.92 Å². The van der Waals surface area contributed by atoms with E-state index in [1.807, 2.05) is 25.1 Å². The highest BCUT2D eigenvalue weighted by atomic mass is 79.9. The first-order valence-corrected chi connectivity index (χ1v) is 8.16. The van der Waals surface area contributed by atoms with Gasteiger partial charge in [0, 0.05) is 33.3 Å². The Hall–Kier alpha value is -1.37. The summed E-state index contributed by atoms with van der Waals surface area (Å²) in [4.78, 5) is 11.5. The molecule has 1 unspecified atom stereocenters. The van der Waals surface area contributed by atoms with E-state index >= 15 is 0 Å². The maximum absolute atomic E-state index is 10.7. The van der Waals surface area contributed by atoms with Gasteiger partial charge in [0.25, 0.3) is 5.69 Å². The zero-order valence-corrected chi connectivity index (χ0v) is 13.9. The number of thioether (sulfide) groups is 1. The average Bonchev–Trinajstić information content (AvgIpc) is 2.46. The van der Waals surface area contributed by atoms with Crippen molar-refractivity contribution in [2.24, 2.45) is 5.73 Å². The monoisotopic (exact) mass is 366 g/mol. The molecule has 4 nitrogen and oxygen atoms in total. The van der Waals surface area contributed by atoms with E-state index in [1.165, 1.54) is 12.1 Å². The minimum absolute atomic E-state index is 0.0108. The lowest BCUT2D eigenvalue weighted by atomic mass is 10.1. The highest BCUT2D eigenvalue weighted by Crippen LogP contribution is 2.30. The lowest BCUT2D eigenvalue weighted by molar-refractivity contribution is -0.384. The fraction of sp³-hybridized carbons (Fsp3) is 0.200. The van der Waals surface area contributed by atoms with Crippen molar-refractivity contribution in [3.05, 3.63) is 68.2 Å². The first-order chi connectivity index (χ1) is 9.97. The van der Waals surface area contributed by atoms with E-state index in [-0.39, 0.29) is 11.7 Å². The molecule has 0 aromatic heterocycles. The molecule has 21 heavy (non-hydrogen) atoms. The summed E-state index contributed by atoms with van der Waals surface area (Å²) >= 11 is 5.07. The van der Waals surface area contributed by atoms with E-state index in [9.17, 15) is 10.1 Å². The standard InChI is InChI=1S/C15H15BrN2O2S/c1-10(17)11-3-2-4-14(7-11)21-9-12-5-6-13(18(19)20)8-15(12)16/h2-8,10H,9,17H2,1H3. The second-order valence-electron chi connectivity index (χ2n) is 4.68. The molecule has 0 aliphatic heterocycles. The fourth-order valence-electron chi connectivity index (χ4n) is 1.82.